The van der Waals surface area contributed by atoms with Crippen molar-refractivity contribution in [2.75, 3.05) is 33.4 Å². The summed E-state index contributed by atoms with van der Waals surface area (Å²) in [7, 11) is 1.67. The predicted octanol–water partition coefficient (Wildman–Crippen LogP) is 6.27. The number of thioether (sulfide) groups is 1. The van der Waals surface area contributed by atoms with Crippen LogP contribution in [-0.4, -0.2) is 43.4 Å². The first-order chi connectivity index (χ1) is 16.6. The van der Waals surface area contributed by atoms with Crippen molar-refractivity contribution in [1.29, 1.82) is 0 Å². The molecule has 0 saturated carbocycles. The molecule has 0 aliphatic carbocycles. The number of aromatic hydroxyl groups is 1. The number of phenolic OH excluding ortho intramolecular Hbond substituents is 1. The van der Waals surface area contributed by atoms with Gasteiger partial charge in [-0.1, -0.05) is 36.4 Å². The molecular formula is C28H32ClNO4S. The van der Waals surface area contributed by atoms with E-state index >= 15 is 0 Å². The van der Waals surface area contributed by atoms with Gasteiger partial charge in [-0.15, -0.1) is 12.4 Å². The summed E-state index contributed by atoms with van der Waals surface area (Å²) in [4.78, 5) is 2.89. The fraction of sp³-hybridized carbons (Fsp3) is 0.357. The Morgan fingerprint density at radius 3 is 2.29 bits per heavy atom. The van der Waals surface area contributed by atoms with Crippen molar-refractivity contribution in [3.63, 3.8) is 0 Å². The van der Waals surface area contributed by atoms with Crippen LogP contribution >= 0.6 is 24.2 Å². The number of hydrogen-bond acceptors (Lipinski definition) is 6. The summed E-state index contributed by atoms with van der Waals surface area (Å²) in [5.41, 5.74) is 2.21. The second kappa shape index (κ2) is 11.5. The molecule has 3 aromatic carbocycles. The van der Waals surface area contributed by atoms with E-state index in [9.17, 15) is 5.11 Å². The number of fused-ring (bicyclic) bond motifs is 1. The average molecular weight is 514 g/mol. The van der Waals surface area contributed by atoms with Gasteiger partial charge in [-0.25, -0.2) is 0 Å². The number of likely N-dealkylation sites (tertiary alicyclic amines) is 1. The molecule has 1 N–H and O–H groups in total. The highest BCUT2D eigenvalue weighted by Gasteiger charge is 2.42. The monoisotopic (exact) mass is 513 g/mol. The Balaban J connectivity index is 0.00000289. The molecule has 5 rings (SSSR count). The number of methoxy groups -OCH3 is 1. The van der Waals surface area contributed by atoms with Crippen molar-refractivity contribution in [2.24, 2.45) is 0 Å². The molecule has 0 amide bonds. The zero-order valence-electron chi connectivity index (χ0n) is 19.9. The quantitative estimate of drug-likeness (QED) is 0.383. The van der Waals surface area contributed by atoms with Crippen LogP contribution in [0.5, 0.6) is 23.0 Å². The standard InChI is InChI=1S/C28H31NO4S.ClH/c1-31-24-9-6-22(7-10-24)28(20-21-5-8-23(30)19-27(21)34-28)33-26-13-11-25(12-14-26)32-18-17-29-15-3-2-4-16-29;/h5-14,19,30H,2-4,15-18,20H2,1H3;1H. The Morgan fingerprint density at radius 1 is 0.886 bits per heavy atom. The lowest BCUT2D eigenvalue weighted by molar-refractivity contribution is 0.170. The van der Waals surface area contributed by atoms with E-state index in [1.165, 1.54) is 32.4 Å². The lowest BCUT2D eigenvalue weighted by atomic mass is 10.0. The molecule has 0 radical (unpaired) electrons. The molecule has 1 atom stereocenters. The number of hydrogen-bond donors (Lipinski definition) is 1. The fourth-order valence-corrected chi connectivity index (χ4v) is 6.07. The van der Waals surface area contributed by atoms with Crippen LogP contribution in [0.15, 0.2) is 71.6 Å². The minimum Gasteiger partial charge on any atom is -0.508 e. The van der Waals surface area contributed by atoms with E-state index in [-0.39, 0.29) is 18.2 Å². The molecule has 186 valence electrons. The lowest BCUT2D eigenvalue weighted by Gasteiger charge is -2.30. The lowest BCUT2D eigenvalue weighted by Crippen LogP contribution is -2.33. The molecule has 1 fully saturated rings. The summed E-state index contributed by atoms with van der Waals surface area (Å²) in [6.07, 6.45) is 4.64. The summed E-state index contributed by atoms with van der Waals surface area (Å²) in [6.45, 7) is 4.04. The number of ether oxygens (including phenoxy) is 3. The van der Waals surface area contributed by atoms with Gasteiger partial charge in [0.2, 0.25) is 0 Å². The molecule has 3 aromatic rings. The average Bonchev–Trinajstić information content (AvgIpc) is 3.24. The third-order valence-corrected chi connectivity index (χ3v) is 7.90. The van der Waals surface area contributed by atoms with Crippen molar-refractivity contribution < 1.29 is 19.3 Å². The molecular weight excluding hydrogens is 482 g/mol. The van der Waals surface area contributed by atoms with Gasteiger partial charge < -0.3 is 19.3 Å². The van der Waals surface area contributed by atoms with E-state index in [0.29, 0.717) is 13.0 Å². The first kappa shape index (κ1) is 25.5. The molecule has 1 saturated heterocycles. The van der Waals surface area contributed by atoms with Crippen LogP contribution in [0.25, 0.3) is 0 Å². The Labute approximate surface area is 217 Å². The first-order valence-corrected chi connectivity index (χ1v) is 12.7. The summed E-state index contributed by atoms with van der Waals surface area (Å²) in [5, 5.41) is 9.99. The van der Waals surface area contributed by atoms with Gasteiger partial charge >= 0.3 is 0 Å². The van der Waals surface area contributed by atoms with Gasteiger partial charge in [-0.3, -0.25) is 4.90 Å². The Bertz CT molecular complexity index is 1100. The molecule has 2 aliphatic heterocycles. The zero-order chi connectivity index (χ0) is 23.4. The number of nitrogens with zero attached hydrogens (tertiary/aromatic N) is 1. The normalized spacial score (nSPS) is 19.5. The summed E-state index contributed by atoms with van der Waals surface area (Å²) >= 11 is 1.63. The molecule has 2 heterocycles. The third kappa shape index (κ3) is 6.00. The van der Waals surface area contributed by atoms with Crippen LogP contribution < -0.4 is 14.2 Å². The van der Waals surface area contributed by atoms with E-state index in [1.54, 1.807) is 24.9 Å². The SMILES string of the molecule is COc1ccc(C2(Oc3ccc(OCCN4CCCCC4)cc3)Cc3ccc(O)cc3S2)cc1.Cl. The van der Waals surface area contributed by atoms with Crippen LogP contribution in [0.4, 0.5) is 0 Å². The number of phenols is 1. The smallest absolute Gasteiger partial charge is 0.188 e. The zero-order valence-corrected chi connectivity index (χ0v) is 21.6. The predicted molar refractivity (Wildman–Crippen MR) is 142 cm³/mol. The molecule has 0 spiro atoms. The molecule has 1 unspecified atom stereocenters. The summed E-state index contributed by atoms with van der Waals surface area (Å²) in [6, 6.07) is 21.5. The second-order valence-corrected chi connectivity index (χ2v) is 10.2. The van der Waals surface area contributed by atoms with Gasteiger partial charge in [0.15, 0.2) is 4.93 Å². The topological polar surface area (TPSA) is 51.2 Å². The largest absolute Gasteiger partial charge is 0.508 e. The Hall–Kier alpha value is -2.54. The maximum absolute atomic E-state index is 9.99. The van der Waals surface area contributed by atoms with Crippen molar-refractivity contribution in [2.45, 2.75) is 35.5 Å². The van der Waals surface area contributed by atoms with Gasteiger partial charge in [-0.05, 0) is 80.0 Å². The van der Waals surface area contributed by atoms with Crippen LogP contribution in [0, 0.1) is 0 Å². The molecule has 2 aliphatic rings. The minimum absolute atomic E-state index is 0. The molecule has 0 aromatic heterocycles. The van der Waals surface area contributed by atoms with Crippen molar-refractivity contribution >= 4 is 24.2 Å². The van der Waals surface area contributed by atoms with Gasteiger partial charge in [0.25, 0.3) is 0 Å². The Kier molecular flexibility index (Phi) is 8.37. The van der Waals surface area contributed by atoms with E-state index in [4.69, 9.17) is 14.2 Å². The van der Waals surface area contributed by atoms with Crippen LogP contribution in [0.2, 0.25) is 0 Å². The van der Waals surface area contributed by atoms with Gasteiger partial charge in [0.05, 0.1) is 7.11 Å². The van der Waals surface area contributed by atoms with E-state index < -0.39 is 4.93 Å². The van der Waals surface area contributed by atoms with Crippen LogP contribution in [0.3, 0.4) is 0 Å². The van der Waals surface area contributed by atoms with E-state index in [2.05, 4.69) is 17.0 Å². The van der Waals surface area contributed by atoms with Crippen LogP contribution in [0.1, 0.15) is 30.4 Å². The first-order valence-electron chi connectivity index (χ1n) is 11.9. The van der Waals surface area contributed by atoms with Crippen LogP contribution in [-0.2, 0) is 11.4 Å². The third-order valence-electron chi connectivity index (χ3n) is 6.51. The highest BCUT2D eigenvalue weighted by Crippen LogP contribution is 2.53. The highest BCUT2D eigenvalue weighted by atomic mass is 35.5. The van der Waals surface area contributed by atoms with Gasteiger partial charge in [-0.2, -0.15) is 0 Å². The molecule has 5 nitrogen and oxygen atoms in total. The number of piperidine rings is 1. The van der Waals surface area contributed by atoms with Crippen molar-refractivity contribution in [3.8, 4) is 23.0 Å². The molecule has 0 bridgehead atoms. The van der Waals surface area contributed by atoms with E-state index in [1.807, 2.05) is 48.5 Å². The summed E-state index contributed by atoms with van der Waals surface area (Å²) in [5.74, 6) is 2.71. The maximum Gasteiger partial charge on any atom is 0.188 e. The van der Waals surface area contributed by atoms with Gasteiger partial charge in [0.1, 0.15) is 29.6 Å². The molecule has 7 heteroatoms. The molecule has 35 heavy (non-hydrogen) atoms. The van der Waals surface area contributed by atoms with Crippen molar-refractivity contribution in [3.05, 3.63) is 77.9 Å². The fourth-order valence-electron chi connectivity index (χ4n) is 4.64. The number of benzene rings is 3. The maximum atomic E-state index is 9.99. The minimum atomic E-state index is -0.626. The number of halogens is 1. The number of rotatable bonds is 8. The van der Waals surface area contributed by atoms with E-state index in [0.717, 1.165) is 39.8 Å². The Morgan fingerprint density at radius 2 is 1.57 bits per heavy atom. The summed E-state index contributed by atoms with van der Waals surface area (Å²) < 4.78 is 18.0. The highest BCUT2D eigenvalue weighted by molar-refractivity contribution is 8.00. The second-order valence-electron chi connectivity index (χ2n) is 8.88. The van der Waals surface area contributed by atoms with Gasteiger partial charge in [0, 0.05) is 23.4 Å². The van der Waals surface area contributed by atoms with Crippen molar-refractivity contribution in [1.82, 2.24) is 4.90 Å².